The van der Waals surface area contributed by atoms with Crippen molar-refractivity contribution >= 4 is 64.3 Å². The van der Waals surface area contributed by atoms with Gasteiger partial charge in [-0.15, -0.1) is 11.3 Å². The molecule has 48 heavy (non-hydrogen) atoms. The van der Waals surface area contributed by atoms with Crippen LogP contribution in [0.3, 0.4) is 0 Å². The highest BCUT2D eigenvalue weighted by molar-refractivity contribution is 7.26. The lowest BCUT2D eigenvalue weighted by Gasteiger charge is -2.13. The summed E-state index contributed by atoms with van der Waals surface area (Å²) in [5.41, 5.74) is 11.5. The molecule has 0 spiro atoms. The summed E-state index contributed by atoms with van der Waals surface area (Å²) in [5.74, 6) is 0.933. The highest BCUT2D eigenvalue weighted by Gasteiger charge is 2.18. The van der Waals surface area contributed by atoms with Gasteiger partial charge in [0.2, 0.25) is 0 Å². The summed E-state index contributed by atoms with van der Waals surface area (Å²) in [6.45, 7) is 2.14. The van der Waals surface area contributed by atoms with E-state index >= 15 is 0 Å². The van der Waals surface area contributed by atoms with E-state index in [2.05, 4.69) is 174 Å². The van der Waals surface area contributed by atoms with Gasteiger partial charge in [-0.3, -0.25) is 4.57 Å². The van der Waals surface area contributed by atoms with Crippen molar-refractivity contribution in [3.05, 3.63) is 163 Å². The molecular weight excluding hydrogens is 603 g/mol. The molecule has 4 heteroatoms. The number of hydrogen-bond acceptors (Lipinski definition) is 2. The topological polar surface area (TPSA) is 22.8 Å². The second kappa shape index (κ2) is 10.5. The molecule has 0 fully saturated rings. The van der Waals surface area contributed by atoms with Gasteiger partial charge in [0, 0.05) is 47.9 Å². The highest BCUT2D eigenvalue weighted by Crippen LogP contribution is 2.42. The van der Waals surface area contributed by atoms with Crippen molar-refractivity contribution in [1.29, 1.82) is 0 Å². The molecule has 7 aromatic carbocycles. The molecule has 226 valence electrons. The maximum atomic E-state index is 5.19. The summed E-state index contributed by atoms with van der Waals surface area (Å²) < 4.78 is 7.35. The quantitative estimate of drug-likeness (QED) is 0.189. The monoisotopic (exact) mass is 631 g/mol. The van der Waals surface area contributed by atoms with Crippen molar-refractivity contribution in [3.63, 3.8) is 0 Å². The van der Waals surface area contributed by atoms with Crippen molar-refractivity contribution < 1.29 is 0 Å². The first-order valence-corrected chi connectivity index (χ1v) is 17.1. The summed E-state index contributed by atoms with van der Waals surface area (Å²) in [4.78, 5) is 5.19. The van der Waals surface area contributed by atoms with Crippen LogP contribution in [0.25, 0.3) is 86.9 Å². The van der Waals surface area contributed by atoms with Crippen LogP contribution in [0, 0.1) is 6.92 Å². The van der Waals surface area contributed by atoms with Gasteiger partial charge in [-0.2, -0.15) is 0 Å². The summed E-state index contributed by atoms with van der Waals surface area (Å²) in [6, 6.07) is 57.0. The average Bonchev–Trinajstić information content (AvgIpc) is 3.81. The summed E-state index contributed by atoms with van der Waals surface area (Å²) >= 11 is 1.88. The zero-order chi connectivity index (χ0) is 31.8. The van der Waals surface area contributed by atoms with E-state index in [-0.39, 0.29) is 0 Å². The van der Waals surface area contributed by atoms with Crippen molar-refractivity contribution in [2.24, 2.45) is 0 Å². The van der Waals surface area contributed by atoms with Crippen molar-refractivity contribution in [3.8, 4) is 33.9 Å². The fourth-order valence-electron chi connectivity index (χ4n) is 7.39. The van der Waals surface area contributed by atoms with Gasteiger partial charge in [0.1, 0.15) is 5.82 Å². The predicted octanol–water partition coefficient (Wildman–Crippen LogP) is 12.1. The molecule has 3 aromatic heterocycles. The first-order chi connectivity index (χ1) is 23.7. The molecule has 0 radical (unpaired) electrons. The smallest absolute Gasteiger partial charge is 0.145 e. The first kappa shape index (κ1) is 27.2. The normalized spacial score (nSPS) is 11.9. The molecule has 3 heterocycles. The van der Waals surface area contributed by atoms with E-state index in [0.717, 1.165) is 33.8 Å². The number of benzene rings is 7. The van der Waals surface area contributed by atoms with Crippen LogP contribution in [0.1, 0.15) is 5.56 Å². The van der Waals surface area contributed by atoms with Gasteiger partial charge >= 0.3 is 0 Å². The largest absolute Gasteiger partial charge is 0.309 e. The third kappa shape index (κ3) is 4.09. The lowest BCUT2D eigenvalue weighted by Crippen LogP contribution is -1.99. The molecule has 10 rings (SSSR count). The number of aromatic nitrogens is 3. The Morgan fingerprint density at radius 1 is 0.479 bits per heavy atom. The molecule has 0 amide bonds. The van der Waals surface area contributed by atoms with E-state index in [0.29, 0.717) is 0 Å². The molecular formula is C44H29N3S. The van der Waals surface area contributed by atoms with Crippen LogP contribution >= 0.6 is 11.3 Å². The van der Waals surface area contributed by atoms with Crippen LogP contribution in [0.2, 0.25) is 0 Å². The number of aryl methyl sites for hydroxylation is 1. The Labute approximate surface area is 281 Å². The zero-order valence-electron chi connectivity index (χ0n) is 26.3. The van der Waals surface area contributed by atoms with Gasteiger partial charge in [0.25, 0.3) is 0 Å². The molecule has 0 aliphatic rings. The summed E-state index contributed by atoms with van der Waals surface area (Å²) in [7, 11) is 0. The lowest BCUT2D eigenvalue weighted by atomic mass is 10.0. The highest BCUT2D eigenvalue weighted by atomic mass is 32.1. The van der Waals surface area contributed by atoms with Gasteiger partial charge in [-0.25, -0.2) is 4.98 Å². The minimum Gasteiger partial charge on any atom is -0.309 e. The average molecular weight is 632 g/mol. The van der Waals surface area contributed by atoms with Crippen LogP contribution in [-0.2, 0) is 0 Å². The van der Waals surface area contributed by atoms with Gasteiger partial charge in [0.05, 0.1) is 22.1 Å². The van der Waals surface area contributed by atoms with Crippen molar-refractivity contribution in [2.75, 3.05) is 0 Å². The molecule has 0 atom stereocenters. The fourth-order valence-corrected chi connectivity index (χ4v) is 8.63. The lowest BCUT2D eigenvalue weighted by molar-refractivity contribution is 1.10. The molecule has 0 saturated heterocycles. The van der Waals surface area contributed by atoms with E-state index in [4.69, 9.17) is 4.98 Å². The Bertz CT molecular complexity index is 2850. The maximum absolute atomic E-state index is 5.19. The van der Waals surface area contributed by atoms with Gasteiger partial charge in [0.15, 0.2) is 0 Å². The summed E-state index contributed by atoms with van der Waals surface area (Å²) in [6.07, 6.45) is 0. The molecule has 0 unspecified atom stereocenters. The number of imidazole rings is 1. The van der Waals surface area contributed by atoms with Gasteiger partial charge in [-0.05, 0) is 84.3 Å². The van der Waals surface area contributed by atoms with Crippen LogP contribution in [0.4, 0.5) is 0 Å². The van der Waals surface area contributed by atoms with Crippen LogP contribution in [-0.4, -0.2) is 14.1 Å². The number of hydrogen-bond donors (Lipinski definition) is 0. The Morgan fingerprint density at radius 3 is 2.15 bits per heavy atom. The third-order valence-corrected chi connectivity index (χ3v) is 10.8. The predicted molar refractivity (Wildman–Crippen MR) is 204 cm³/mol. The molecule has 0 aliphatic heterocycles. The van der Waals surface area contributed by atoms with Crippen molar-refractivity contribution in [2.45, 2.75) is 6.92 Å². The Hall–Kier alpha value is -5.97. The SMILES string of the molecule is Cc1ccc2nc(-c3cccc(-n4c5ccccc5c5cc(-c6cccc7c6sc6ccccc67)ccc54)c3)n(-c3ccccc3)c2c1. The van der Waals surface area contributed by atoms with Gasteiger partial charge < -0.3 is 4.57 Å². The van der Waals surface area contributed by atoms with Crippen LogP contribution < -0.4 is 0 Å². The number of para-hydroxylation sites is 2. The number of fused-ring (bicyclic) bond motifs is 7. The zero-order valence-corrected chi connectivity index (χ0v) is 27.1. The molecule has 0 bridgehead atoms. The molecule has 0 aliphatic carbocycles. The fraction of sp³-hybridized carbons (Fsp3) is 0.0227. The second-order valence-corrected chi connectivity index (χ2v) is 13.6. The van der Waals surface area contributed by atoms with Crippen LogP contribution in [0.5, 0.6) is 0 Å². The molecule has 3 nitrogen and oxygen atoms in total. The van der Waals surface area contributed by atoms with E-state index in [9.17, 15) is 0 Å². The Kier molecular flexibility index (Phi) is 5.96. The second-order valence-electron chi connectivity index (χ2n) is 12.5. The Morgan fingerprint density at radius 2 is 1.23 bits per heavy atom. The number of thiophene rings is 1. The minimum absolute atomic E-state index is 0.933. The van der Waals surface area contributed by atoms with Crippen molar-refractivity contribution in [1.82, 2.24) is 14.1 Å². The third-order valence-electron chi connectivity index (χ3n) is 9.57. The number of nitrogens with zero attached hydrogens (tertiary/aromatic N) is 3. The molecule has 10 aromatic rings. The minimum atomic E-state index is 0.933. The molecule has 0 N–H and O–H groups in total. The van der Waals surface area contributed by atoms with Crippen LogP contribution in [0.15, 0.2) is 158 Å². The maximum Gasteiger partial charge on any atom is 0.145 e. The first-order valence-electron chi connectivity index (χ1n) is 16.3. The number of rotatable bonds is 4. The van der Waals surface area contributed by atoms with Gasteiger partial charge in [-0.1, -0.05) is 97.1 Å². The Balaban J connectivity index is 1.17. The standard InChI is InChI=1S/C44H29N3S/c1-28-21-23-38-41(25-28)47(31-12-3-2-4-13-31)44(45-38)30-11-9-14-32(26-30)46-39-19-7-5-15-34(39)37-27-29(22-24-40(37)46)33-17-10-18-36-35-16-6-8-20-42(35)48-43(33)36/h2-27H,1H3. The van der Waals surface area contributed by atoms with E-state index in [1.165, 1.54) is 58.7 Å². The summed E-state index contributed by atoms with van der Waals surface area (Å²) in [5, 5.41) is 5.14. The van der Waals surface area contributed by atoms with E-state index in [1.807, 2.05) is 11.3 Å². The van der Waals surface area contributed by atoms with E-state index < -0.39 is 0 Å². The molecule has 0 saturated carbocycles. The van der Waals surface area contributed by atoms with E-state index in [1.54, 1.807) is 0 Å².